The van der Waals surface area contributed by atoms with E-state index in [1.165, 1.54) is 24.0 Å². The molecule has 0 bridgehead atoms. The van der Waals surface area contributed by atoms with Gasteiger partial charge in [0.2, 0.25) is 11.8 Å². The van der Waals surface area contributed by atoms with E-state index in [0.717, 1.165) is 24.2 Å². The van der Waals surface area contributed by atoms with Crippen LogP contribution in [0.25, 0.3) is 0 Å². The van der Waals surface area contributed by atoms with Gasteiger partial charge in [0.05, 0.1) is 26.2 Å². The van der Waals surface area contributed by atoms with Gasteiger partial charge in [-0.3, -0.25) is 14.5 Å². The van der Waals surface area contributed by atoms with E-state index in [2.05, 4.69) is 28.8 Å². The first-order chi connectivity index (χ1) is 15.0. The Morgan fingerprint density at radius 1 is 1.00 bits per heavy atom. The van der Waals surface area contributed by atoms with Crippen molar-refractivity contribution in [3.63, 3.8) is 0 Å². The van der Waals surface area contributed by atoms with Gasteiger partial charge < -0.3 is 15.4 Å². The number of carbonyl (C=O) groups excluding carboxylic acids is 2. The molecule has 2 N–H and O–H groups in total. The van der Waals surface area contributed by atoms with Crippen LogP contribution in [0, 0.1) is 0 Å². The van der Waals surface area contributed by atoms with Gasteiger partial charge in [-0.1, -0.05) is 25.1 Å². The normalized spacial score (nSPS) is 13.9. The number of hydrogen-bond donors (Lipinski definition) is 2. The number of likely N-dealkylation sites (N-methyl/N-ethyl adjacent to an activating group) is 1. The molecule has 1 aliphatic carbocycles. The van der Waals surface area contributed by atoms with Crippen LogP contribution in [0.4, 0.5) is 5.69 Å². The average Bonchev–Trinajstić information content (AvgIpc) is 2.78. The van der Waals surface area contributed by atoms with Gasteiger partial charge in [0.15, 0.2) is 0 Å². The fourth-order valence-corrected chi connectivity index (χ4v) is 3.95. The quantitative estimate of drug-likeness (QED) is 0.645. The standard InChI is InChI=1S/C25H33N3O3/c1-4-28(17-25(30)27-22-11-13-23(31-3)14-12-22)16-24(29)26-18(2)20-10-9-19-7-5-6-8-21(19)15-20/h9-15,18H,4-8,16-17H2,1-3H3,(H,26,29)(H,27,30)/t18-/m1/s1. The molecule has 2 aromatic carbocycles. The van der Waals surface area contributed by atoms with Crippen LogP contribution in [0.2, 0.25) is 0 Å². The molecular weight excluding hydrogens is 390 g/mol. The molecule has 2 aromatic rings. The first kappa shape index (κ1) is 22.8. The van der Waals surface area contributed by atoms with Crippen molar-refractivity contribution in [1.29, 1.82) is 0 Å². The van der Waals surface area contributed by atoms with Crippen molar-refractivity contribution in [3.05, 3.63) is 59.2 Å². The van der Waals surface area contributed by atoms with Crippen molar-refractivity contribution in [2.45, 2.75) is 45.6 Å². The molecule has 0 aliphatic heterocycles. The third kappa shape index (κ3) is 6.56. The van der Waals surface area contributed by atoms with Gasteiger partial charge in [0.1, 0.15) is 5.75 Å². The minimum Gasteiger partial charge on any atom is -0.497 e. The van der Waals surface area contributed by atoms with Gasteiger partial charge in [-0.15, -0.1) is 0 Å². The Morgan fingerprint density at radius 3 is 2.35 bits per heavy atom. The Balaban J connectivity index is 1.49. The van der Waals surface area contributed by atoms with Gasteiger partial charge in [0, 0.05) is 5.69 Å². The minimum atomic E-state index is -0.150. The lowest BCUT2D eigenvalue weighted by atomic mass is 9.89. The fourth-order valence-electron chi connectivity index (χ4n) is 3.95. The lowest BCUT2D eigenvalue weighted by molar-refractivity contribution is -0.123. The number of amides is 2. The lowest BCUT2D eigenvalue weighted by Crippen LogP contribution is -2.41. The van der Waals surface area contributed by atoms with Crippen LogP contribution in [0.5, 0.6) is 5.75 Å². The summed E-state index contributed by atoms with van der Waals surface area (Å²) < 4.78 is 5.13. The molecule has 0 radical (unpaired) electrons. The molecule has 1 atom stereocenters. The maximum atomic E-state index is 12.6. The van der Waals surface area contributed by atoms with Crippen molar-refractivity contribution in [2.75, 3.05) is 32.1 Å². The molecule has 0 aromatic heterocycles. The molecule has 0 saturated carbocycles. The number of anilines is 1. The Labute approximate surface area is 185 Å². The summed E-state index contributed by atoms with van der Waals surface area (Å²) in [6.07, 6.45) is 4.77. The minimum absolute atomic E-state index is 0.0634. The molecule has 0 unspecified atom stereocenters. The maximum absolute atomic E-state index is 12.6. The van der Waals surface area contributed by atoms with E-state index in [0.29, 0.717) is 12.2 Å². The number of benzene rings is 2. The van der Waals surface area contributed by atoms with Gasteiger partial charge in [0.25, 0.3) is 0 Å². The molecule has 31 heavy (non-hydrogen) atoms. The lowest BCUT2D eigenvalue weighted by Gasteiger charge is -2.22. The maximum Gasteiger partial charge on any atom is 0.238 e. The summed E-state index contributed by atoms with van der Waals surface area (Å²) in [5.41, 5.74) is 4.69. The van der Waals surface area contributed by atoms with Crippen LogP contribution >= 0.6 is 0 Å². The molecule has 3 rings (SSSR count). The Kier molecular flexibility index (Phi) is 8.06. The van der Waals surface area contributed by atoms with Gasteiger partial charge in [-0.25, -0.2) is 0 Å². The van der Waals surface area contributed by atoms with Crippen molar-refractivity contribution in [2.24, 2.45) is 0 Å². The van der Waals surface area contributed by atoms with Crippen molar-refractivity contribution in [3.8, 4) is 5.75 Å². The van der Waals surface area contributed by atoms with Crippen molar-refractivity contribution >= 4 is 17.5 Å². The SMILES string of the molecule is CCN(CC(=O)Nc1ccc(OC)cc1)CC(=O)N[C@H](C)c1ccc2c(c1)CCCC2. The van der Waals surface area contributed by atoms with Gasteiger partial charge >= 0.3 is 0 Å². The molecule has 1 aliphatic rings. The predicted octanol–water partition coefficient (Wildman–Crippen LogP) is 3.71. The van der Waals surface area contributed by atoms with E-state index >= 15 is 0 Å². The number of nitrogens with one attached hydrogen (secondary N) is 2. The van der Waals surface area contributed by atoms with E-state index in [-0.39, 0.29) is 30.9 Å². The molecule has 0 saturated heterocycles. The highest BCUT2D eigenvalue weighted by atomic mass is 16.5. The summed E-state index contributed by atoms with van der Waals surface area (Å²) in [6, 6.07) is 13.7. The number of methoxy groups -OCH3 is 1. The molecule has 6 nitrogen and oxygen atoms in total. The van der Waals surface area contributed by atoms with E-state index in [4.69, 9.17) is 4.74 Å². The van der Waals surface area contributed by atoms with Crippen molar-refractivity contribution < 1.29 is 14.3 Å². The molecule has 166 valence electrons. The topological polar surface area (TPSA) is 70.7 Å². The average molecular weight is 424 g/mol. The highest BCUT2D eigenvalue weighted by molar-refractivity contribution is 5.92. The van der Waals surface area contributed by atoms with Crippen LogP contribution in [0.15, 0.2) is 42.5 Å². The number of rotatable bonds is 9. The highest BCUT2D eigenvalue weighted by Gasteiger charge is 2.17. The first-order valence-corrected chi connectivity index (χ1v) is 11.1. The van der Waals surface area contributed by atoms with Gasteiger partial charge in [-0.05, 0) is 80.1 Å². The molecular formula is C25H33N3O3. The number of ether oxygens (including phenoxy) is 1. The number of carbonyl (C=O) groups is 2. The largest absolute Gasteiger partial charge is 0.497 e. The third-order valence-electron chi connectivity index (χ3n) is 5.81. The number of aryl methyl sites for hydroxylation is 2. The molecule has 6 heteroatoms. The fraction of sp³-hybridized carbons (Fsp3) is 0.440. The van der Waals surface area contributed by atoms with Gasteiger partial charge in [-0.2, -0.15) is 0 Å². The Morgan fingerprint density at radius 2 is 1.68 bits per heavy atom. The van der Waals surface area contributed by atoms with Crippen LogP contribution in [-0.4, -0.2) is 43.5 Å². The number of hydrogen-bond acceptors (Lipinski definition) is 4. The number of fused-ring (bicyclic) bond motifs is 1. The second-order valence-electron chi connectivity index (χ2n) is 8.10. The summed E-state index contributed by atoms with van der Waals surface area (Å²) in [5, 5.41) is 5.94. The summed E-state index contributed by atoms with van der Waals surface area (Å²) in [6.45, 7) is 4.90. The van der Waals surface area contributed by atoms with Crippen LogP contribution < -0.4 is 15.4 Å². The molecule has 2 amide bonds. The van der Waals surface area contributed by atoms with E-state index in [1.807, 2.05) is 18.7 Å². The number of nitrogens with zero attached hydrogens (tertiary/aromatic N) is 1. The zero-order valence-corrected chi connectivity index (χ0v) is 18.7. The predicted molar refractivity (Wildman–Crippen MR) is 123 cm³/mol. The van der Waals surface area contributed by atoms with E-state index < -0.39 is 0 Å². The van der Waals surface area contributed by atoms with E-state index in [9.17, 15) is 9.59 Å². The summed E-state index contributed by atoms with van der Waals surface area (Å²) in [7, 11) is 1.60. The van der Waals surface area contributed by atoms with Crippen LogP contribution in [-0.2, 0) is 22.4 Å². The summed E-state index contributed by atoms with van der Waals surface area (Å²) in [4.78, 5) is 26.8. The van der Waals surface area contributed by atoms with Crippen molar-refractivity contribution in [1.82, 2.24) is 10.2 Å². The second kappa shape index (κ2) is 11.0. The van der Waals surface area contributed by atoms with Crippen LogP contribution in [0.1, 0.15) is 49.4 Å². The highest BCUT2D eigenvalue weighted by Crippen LogP contribution is 2.24. The smallest absolute Gasteiger partial charge is 0.238 e. The second-order valence-corrected chi connectivity index (χ2v) is 8.10. The molecule has 0 fully saturated rings. The Bertz CT molecular complexity index is 895. The summed E-state index contributed by atoms with van der Waals surface area (Å²) >= 11 is 0. The summed E-state index contributed by atoms with van der Waals surface area (Å²) in [5.74, 6) is 0.504. The third-order valence-corrected chi connectivity index (χ3v) is 5.81. The molecule has 0 spiro atoms. The monoisotopic (exact) mass is 423 g/mol. The zero-order chi connectivity index (χ0) is 22.2. The van der Waals surface area contributed by atoms with Crippen LogP contribution in [0.3, 0.4) is 0 Å². The molecule has 0 heterocycles. The first-order valence-electron chi connectivity index (χ1n) is 11.1. The Hall–Kier alpha value is -2.86. The zero-order valence-electron chi connectivity index (χ0n) is 18.7. The van der Waals surface area contributed by atoms with E-state index in [1.54, 1.807) is 31.4 Å².